The maximum absolute atomic E-state index is 12.4. The van der Waals surface area contributed by atoms with E-state index in [1.54, 1.807) is 12.4 Å². The summed E-state index contributed by atoms with van der Waals surface area (Å²) in [5, 5.41) is 2.95. The molecule has 1 saturated carbocycles. The number of amides is 1. The van der Waals surface area contributed by atoms with Gasteiger partial charge in [-0.15, -0.1) is 0 Å². The van der Waals surface area contributed by atoms with E-state index in [9.17, 15) is 4.79 Å². The Morgan fingerprint density at radius 2 is 2.21 bits per heavy atom. The highest BCUT2D eigenvalue weighted by Crippen LogP contribution is 2.36. The van der Waals surface area contributed by atoms with Gasteiger partial charge in [-0.1, -0.05) is 31.5 Å². The number of H-pyrrole nitrogens is 1. The predicted octanol–water partition coefficient (Wildman–Crippen LogP) is 1.30. The number of aromatic amines is 1. The fraction of sp³-hybridized carbons (Fsp3) is 0.615. The van der Waals surface area contributed by atoms with Gasteiger partial charge in [0.15, 0.2) is 0 Å². The van der Waals surface area contributed by atoms with Gasteiger partial charge in [0.05, 0.1) is 10.4 Å². The van der Waals surface area contributed by atoms with Crippen molar-refractivity contribution in [3.05, 3.63) is 18.2 Å². The van der Waals surface area contributed by atoms with Gasteiger partial charge in [-0.3, -0.25) is 4.79 Å². The van der Waals surface area contributed by atoms with Crippen molar-refractivity contribution < 1.29 is 4.79 Å². The second-order valence-electron chi connectivity index (χ2n) is 5.05. The lowest BCUT2D eigenvalue weighted by Gasteiger charge is -2.34. The Morgan fingerprint density at radius 1 is 1.47 bits per heavy atom. The van der Waals surface area contributed by atoms with Gasteiger partial charge < -0.3 is 16.0 Å². The van der Waals surface area contributed by atoms with Crippen molar-refractivity contribution >= 4 is 23.1 Å². The maximum atomic E-state index is 12.4. The molecule has 1 aliphatic carbocycles. The normalized spacial score (nSPS) is 17.9. The predicted molar refractivity (Wildman–Crippen MR) is 77.6 cm³/mol. The third-order valence-corrected chi connectivity index (χ3v) is 4.21. The van der Waals surface area contributed by atoms with Crippen molar-refractivity contribution in [2.75, 3.05) is 6.54 Å². The van der Waals surface area contributed by atoms with Crippen molar-refractivity contribution in [3.8, 4) is 0 Å². The van der Waals surface area contributed by atoms with Gasteiger partial charge in [-0.2, -0.15) is 0 Å². The summed E-state index contributed by atoms with van der Waals surface area (Å²) < 4.78 is 0. The number of nitrogens with one attached hydrogen (secondary N) is 2. The Labute approximate surface area is 118 Å². The fourth-order valence-corrected chi connectivity index (χ4v) is 2.94. The number of hydrogen-bond donors (Lipinski definition) is 3. The molecule has 1 aromatic rings. The zero-order valence-electron chi connectivity index (χ0n) is 10.9. The lowest BCUT2D eigenvalue weighted by Crippen LogP contribution is -2.50. The molecule has 0 bridgehead atoms. The summed E-state index contributed by atoms with van der Waals surface area (Å²) in [6.07, 6.45) is 8.90. The summed E-state index contributed by atoms with van der Waals surface area (Å²) in [5.74, 6) is 0.847. The van der Waals surface area contributed by atoms with Crippen LogP contribution >= 0.6 is 12.2 Å². The third-order valence-electron chi connectivity index (χ3n) is 3.82. The van der Waals surface area contributed by atoms with Crippen LogP contribution in [0.25, 0.3) is 0 Å². The average molecular weight is 280 g/mol. The molecular formula is C13H20N4OS. The van der Waals surface area contributed by atoms with Gasteiger partial charge in [0.2, 0.25) is 5.91 Å². The number of nitrogens with two attached hydrogens (primary N) is 1. The smallest absolute Gasteiger partial charge is 0.233 e. The number of hydrogen-bond acceptors (Lipinski definition) is 3. The van der Waals surface area contributed by atoms with Crippen molar-refractivity contribution in [1.82, 2.24) is 15.3 Å². The molecule has 1 fully saturated rings. The molecule has 0 radical (unpaired) electrons. The monoisotopic (exact) mass is 280 g/mol. The van der Waals surface area contributed by atoms with Crippen LogP contribution in [0.15, 0.2) is 12.4 Å². The minimum Gasteiger partial charge on any atom is -0.392 e. The average Bonchev–Trinajstić information content (AvgIpc) is 2.92. The van der Waals surface area contributed by atoms with Crippen LogP contribution < -0.4 is 11.1 Å². The first kappa shape index (κ1) is 14.0. The Morgan fingerprint density at radius 3 is 2.79 bits per heavy atom. The second kappa shape index (κ2) is 6.14. The molecule has 0 saturated heterocycles. The lowest BCUT2D eigenvalue weighted by atomic mass is 9.73. The molecule has 6 heteroatoms. The fourth-order valence-electron chi connectivity index (χ4n) is 2.64. The van der Waals surface area contributed by atoms with E-state index in [2.05, 4.69) is 15.3 Å². The summed E-state index contributed by atoms with van der Waals surface area (Å²) >= 11 is 5.13. The first-order chi connectivity index (χ1) is 9.15. The number of thiocarbonyl (C=S) groups is 1. The summed E-state index contributed by atoms with van der Waals surface area (Å²) in [5.41, 5.74) is 5.19. The molecule has 0 unspecified atom stereocenters. The molecule has 0 spiro atoms. The lowest BCUT2D eigenvalue weighted by molar-refractivity contribution is -0.128. The van der Waals surface area contributed by atoms with Crippen LogP contribution in [0.3, 0.4) is 0 Å². The van der Waals surface area contributed by atoms with Gasteiger partial charge in [-0.05, 0) is 12.8 Å². The van der Waals surface area contributed by atoms with E-state index in [0.717, 1.165) is 37.9 Å². The number of imidazole rings is 1. The number of nitrogens with zero attached hydrogens (tertiary/aromatic N) is 1. The minimum absolute atomic E-state index is 0.0220. The summed E-state index contributed by atoms with van der Waals surface area (Å²) in [4.78, 5) is 19.8. The highest BCUT2D eigenvalue weighted by molar-refractivity contribution is 7.80. The molecule has 19 heavy (non-hydrogen) atoms. The van der Waals surface area contributed by atoms with Crippen LogP contribution in [0.4, 0.5) is 0 Å². The molecular weight excluding hydrogens is 260 g/mol. The molecule has 1 amide bonds. The van der Waals surface area contributed by atoms with Gasteiger partial charge in [0.25, 0.3) is 0 Å². The second-order valence-corrected chi connectivity index (χ2v) is 5.49. The molecule has 0 atom stereocenters. The molecule has 1 aromatic heterocycles. The Balaban J connectivity index is 1.91. The van der Waals surface area contributed by atoms with Crippen LogP contribution in [0.2, 0.25) is 0 Å². The van der Waals surface area contributed by atoms with Crippen LogP contribution in [0.1, 0.15) is 37.9 Å². The standard InChI is InChI=1S/C13H20N4OS/c14-11(19)13(5-2-1-3-6-13)12(18)17-7-4-10-15-8-9-16-10/h8-9H,1-7H2,(H2,14,19)(H,15,16)(H,17,18). The number of carbonyl (C=O) groups excluding carboxylic acids is 1. The van der Waals surface area contributed by atoms with Gasteiger partial charge in [0.1, 0.15) is 5.82 Å². The molecule has 0 aliphatic heterocycles. The van der Waals surface area contributed by atoms with E-state index in [1.807, 2.05) is 0 Å². The number of aromatic nitrogens is 2. The maximum Gasteiger partial charge on any atom is 0.233 e. The van der Waals surface area contributed by atoms with E-state index in [-0.39, 0.29) is 5.91 Å². The van der Waals surface area contributed by atoms with Crippen molar-refractivity contribution in [2.45, 2.75) is 38.5 Å². The van der Waals surface area contributed by atoms with E-state index < -0.39 is 5.41 Å². The zero-order valence-corrected chi connectivity index (χ0v) is 11.8. The Hall–Kier alpha value is -1.43. The highest BCUT2D eigenvalue weighted by Gasteiger charge is 2.42. The van der Waals surface area contributed by atoms with Crippen molar-refractivity contribution in [3.63, 3.8) is 0 Å². The number of carbonyl (C=O) groups is 1. The van der Waals surface area contributed by atoms with Crippen LogP contribution in [0.5, 0.6) is 0 Å². The first-order valence-electron chi connectivity index (χ1n) is 6.71. The van der Waals surface area contributed by atoms with Gasteiger partial charge in [-0.25, -0.2) is 4.98 Å². The van der Waals surface area contributed by atoms with Crippen LogP contribution in [-0.2, 0) is 11.2 Å². The van der Waals surface area contributed by atoms with E-state index in [0.29, 0.717) is 18.0 Å². The summed E-state index contributed by atoms with van der Waals surface area (Å²) in [7, 11) is 0. The number of rotatable bonds is 5. The quantitative estimate of drug-likeness (QED) is 0.710. The topological polar surface area (TPSA) is 83.8 Å². The SMILES string of the molecule is NC(=S)C1(C(=O)NCCc2ncc[nH]2)CCCCC1. The molecule has 1 heterocycles. The molecule has 104 valence electrons. The summed E-state index contributed by atoms with van der Waals surface area (Å²) in [6.45, 7) is 0.552. The molecule has 4 N–H and O–H groups in total. The largest absolute Gasteiger partial charge is 0.392 e. The van der Waals surface area contributed by atoms with Crippen LogP contribution in [0, 0.1) is 5.41 Å². The van der Waals surface area contributed by atoms with Crippen molar-refractivity contribution in [1.29, 1.82) is 0 Å². The van der Waals surface area contributed by atoms with Gasteiger partial charge in [0, 0.05) is 25.4 Å². The van der Waals surface area contributed by atoms with Gasteiger partial charge >= 0.3 is 0 Å². The van der Waals surface area contributed by atoms with E-state index in [4.69, 9.17) is 18.0 Å². The molecule has 5 nitrogen and oxygen atoms in total. The minimum atomic E-state index is -0.628. The Bertz CT molecular complexity index is 438. The Kier molecular flexibility index (Phi) is 4.52. The third kappa shape index (κ3) is 3.12. The highest BCUT2D eigenvalue weighted by atomic mass is 32.1. The molecule has 1 aliphatic rings. The molecule has 2 rings (SSSR count). The first-order valence-corrected chi connectivity index (χ1v) is 7.12. The van der Waals surface area contributed by atoms with Crippen LogP contribution in [-0.4, -0.2) is 27.4 Å². The molecule has 0 aromatic carbocycles. The summed E-state index contributed by atoms with van der Waals surface area (Å²) in [6, 6.07) is 0. The van der Waals surface area contributed by atoms with E-state index in [1.165, 1.54) is 0 Å². The van der Waals surface area contributed by atoms with E-state index >= 15 is 0 Å². The zero-order chi connectivity index (χ0) is 13.7. The van der Waals surface area contributed by atoms with Crippen molar-refractivity contribution in [2.24, 2.45) is 11.1 Å².